The van der Waals surface area contributed by atoms with E-state index in [0.29, 0.717) is 25.7 Å². The van der Waals surface area contributed by atoms with Crippen molar-refractivity contribution in [3.8, 4) is 0 Å². The van der Waals surface area contributed by atoms with Crippen LogP contribution in [0.4, 0.5) is 0 Å². The van der Waals surface area contributed by atoms with Crippen LogP contribution in [0, 0.1) is 5.41 Å². The van der Waals surface area contributed by atoms with Crippen LogP contribution in [0.5, 0.6) is 0 Å². The molecule has 0 unspecified atom stereocenters. The molecule has 0 atom stereocenters. The fraction of sp³-hybridized carbons (Fsp3) is 0.900. The van der Waals surface area contributed by atoms with Crippen LogP contribution in [0.1, 0.15) is 32.1 Å². The van der Waals surface area contributed by atoms with Crippen molar-refractivity contribution >= 4 is 15.8 Å². The fourth-order valence-corrected chi connectivity index (χ4v) is 2.91. The Hall–Kier alpha value is -0.620. The van der Waals surface area contributed by atoms with Gasteiger partial charge in [-0.2, -0.15) is 0 Å². The monoisotopic (exact) mass is 249 g/mol. The number of carboxylic acids is 1. The van der Waals surface area contributed by atoms with Gasteiger partial charge in [0.2, 0.25) is 0 Å². The molecule has 16 heavy (non-hydrogen) atoms. The summed E-state index contributed by atoms with van der Waals surface area (Å²) in [4.78, 5) is 11.3. The molecule has 0 aromatic carbocycles. The second-order valence-corrected chi connectivity index (χ2v) is 7.06. The molecule has 0 aromatic heterocycles. The van der Waals surface area contributed by atoms with Gasteiger partial charge in [0.25, 0.3) is 0 Å². The predicted octanol–water partition coefficient (Wildman–Crippen LogP) is 0.393. The van der Waals surface area contributed by atoms with Crippen LogP contribution in [0.2, 0.25) is 0 Å². The van der Waals surface area contributed by atoms with Crippen molar-refractivity contribution in [3.05, 3.63) is 0 Å². The van der Waals surface area contributed by atoms with Crippen LogP contribution in [0.3, 0.4) is 0 Å². The number of nitrogens with two attached hydrogens (primary N) is 1. The summed E-state index contributed by atoms with van der Waals surface area (Å²) in [5.74, 6) is -0.947. The smallest absolute Gasteiger partial charge is 0.309 e. The number of aliphatic carboxylic acids is 1. The van der Waals surface area contributed by atoms with Gasteiger partial charge in [0.1, 0.15) is 9.84 Å². The minimum Gasteiger partial charge on any atom is -0.481 e. The summed E-state index contributed by atoms with van der Waals surface area (Å²) < 4.78 is 22.2. The van der Waals surface area contributed by atoms with Gasteiger partial charge in [-0.25, -0.2) is 8.42 Å². The molecule has 0 amide bonds. The lowest BCUT2D eigenvalue weighted by Gasteiger charge is -2.35. The van der Waals surface area contributed by atoms with Gasteiger partial charge in [-0.15, -0.1) is 0 Å². The Morgan fingerprint density at radius 2 is 1.94 bits per heavy atom. The Morgan fingerprint density at radius 1 is 1.44 bits per heavy atom. The van der Waals surface area contributed by atoms with E-state index in [9.17, 15) is 18.3 Å². The highest BCUT2D eigenvalue weighted by atomic mass is 32.2. The Morgan fingerprint density at radius 3 is 2.31 bits per heavy atom. The third kappa shape index (κ3) is 3.45. The number of hydrogen-bond acceptors (Lipinski definition) is 4. The normalized spacial score (nSPS) is 31.2. The minimum atomic E-state index is -3.10. The van der Waals surface area contributed by atoms with Crippen molar-refractivity contribution in [2.45, 2.75) is 38.1 Å². The lowest BCUT2D eigenvalue weighted by atomic mass is 9.71. The second-order valence-electron chi connectivity index (χ2n) is 4.80. The number of carbonyl (C=O) groups is 1. The van der Waals surface area contributed by atoms with Crippen LogP contribution >= 0.6 is 0 Å². The van der Waals surface area contributed by atoms with E-state index in [-0.39, 0.29) is 18.2 Å². The standard InChI is InChI=1S/C10H19NO4S/c1-16(14,15)7-6-10(9(12)13)4-2-8(11)3-5-10/h8H,2-7,11H2,1H3,(H,12,13). The molecule has 0 heterocycles. The predicted molar refractivity (Wildman–Crippen MR) is 60.8 cm³/mol. The molecule has 3 N–H and O–H groups in total. The van der Waals surface area contributed by atoms with Crippen LogP contribution in [0.25, 0.3) is 0 Å². The van der Waals surface area contributed by atoms with Gasteiger partial charge in [0, 0.05) is 12.3 Å². The molecule has 0 spiro atoms. The van der Waals surface area contributed by atoms with Crippen molar-refractivity contribution < 1.29 is 18.3 Å². The second kappa shape index (κ2) is 4.71. The zero-order chi connectivity index (χ0) is 12.4. The van der Waals surface area contributed by atoms with Gasteiger partial charge >= 0.3 is 5.97 Å². The first kappa shape index (κ1) is 13.4. The van der Waals surface area contributed by atoms with E-state index in [1.807, 2.05) is 0 Å². The largest absolute Gasteiger partial charge is 0.481 e. The van der Waals surface area contributed by atoms with Gasteiger partial charge in [0.15, 0.2) is 0 Å². The maximum absolute atomic E-state index is 11.3. The molecule has 0 radical (unpaired) electrons. The minimum absolute atomic E-state index is 0.0608. The highest BCUT2D eigenvalue weighted by Crippen LogP contribution is 2.39. The average molecular weight is 249 g/mol. The summed E-state index contributed by atoms with van der Waals surface area (Å²) in [7, 11) is -3.10. The topological polar surface area (TPSA) is 97.5 Å². The van der Waals surface area contributed by atoms with Crippen LogP contribution in [0.15, 0.2) is 0 Å². The van der Waals surface area contributed by atoms with Gasteiger partial charge < -0.3 is 10.8 Å². The van der Waals surface area contributed by atoms with Crippen LogP contribution in [-0.4, -0.2) is 37.5 Å². The molecule has 5 nitrogen and oxygen atoms in total. The zero-order valence-electron chi connectivity index (χ0n) is 9.48. The lowest BCUT2D eigenvalue weighted by molar-refractivity contribution is -0.151. The van der Waals surface area contributed by atoms with Crippen molar-refractivity contribution in [2.24, 2.45) is 11.1 Å². The van der Waals surface area contributed by atoms with Crippen molar-refractivity contribution in [1.29, 1.82) is 0 Å². The molecule has 94 valence electrons. The highest BCUT2D eigenvalue weighted by Gasteiger charge is 2.41. The van der Waals surface area contributed by atoms with E-state index in [4.69, 9.17) is 5.73 Å². The molecule has 1 fully saturated rings. The zero-order valence-corrected chi connectivity index (χ0v) is 10.3. The molecule has 1 aliphatic rings. The van der Waals surface area contributed by atoms with E-state index in [1.165, 1.54) is 0 Å². The van der Waals surface area contributed by atoms with Gasteiger partial charge in [-0.1, -0.05) is 0 Å². The van der Waals surface area contributed by atoms with E-state index in [2.05, 4.69) is 0 Å². The van der Waals surface area contributed by atoms with Gasteiger partial charge in [0.05, 0.1) is 11.2 Å². The summed E-state index contributed by atoms with van der Waals surface area (Å²) in [6.45, 7) is 0. The summed E-state index contributed by atoms with van der Waals surface area (Å²) >= 11 is 0. The van der Waals surface area contributed by atoms with Gasteiger partial charge in [-0.05, 0) is 32.1 Å². The highest BCUT2D eigenvalue weighted by molar-refractivity contribution is 7.90. The Bertz CT molecular complexity index is 355. The summed E-state index contributed by atoms with van der Waals surface area (Å²) in [6.07, 6.45) is 3.63. The first-order chi connectivity index (χ1) is 7.25. The van der Waals surface area contributed by atoms with Crippen LogP contribution < -0.4 is 5.73 Å². The van der Waals surface area contributed by atoms with Crippen LogP contribution in [-0.2, 0) is 14.6 Å². The summed E-state index contributed by atoms with van der Waals surface area (Å²) in [5, 5.41) is 9.24. The van der Waals surface area contributed by atoms with E-state index in [0.717, 1.165) is 6.26 Å². The lowest BCUT2D eigenvalue weighted by Crippen LogP contribution is -2.40. The van der Waals surface area contributed by atoms with Crippen molar-refractivity contribution in [2.75, 3.05) is 12.0 Å². The number of carboxylic acid groups (broad SMARTS) is 1. The number of rotatable bonds is 4. The molecule has 0 saturated heterocycles. The summed E-state index contributed by atoms with van der Waals surface area (Å²) in [5.41, 5.74) is 4.85. The maximum atomic E-state index is 11.3. The molecule has 1 rings (SSSR count). The number of sulfone groups is 1. The number of hydrogen-bond donors (Lipinski definition) is 2. The summed E-state index contributed by atoms with van der Waals surface area (Å²) in [6, 6.07) is 0.0608. The molecule has 6 heteroatoms. The van der Waals surface area contributed by atoms with Gasteiger partial charge in [-0.3, -0.25) is 4.79 Å². The molecule has 1 saturated carbocycles. The third-order valence-corrected chi connectivity index (χ3v) is 4.34. The van der Waals surface area contributed by atoms with E-state index in [1.54, 1.807) is 0 Å². The Kier molecular flexibility index (Phi) is 3.96. The molecule has 1 aliphatic carbocycles. The Labute approximate surface area is 95.9 Å². The Balaban J connectivity index is 2.71. The SMILES string of the molecule is CS(=O)(=O)CCC1(C(=O)O)CCC(N)CC1. The molecular formula is C10H19NO4S. The maximum Gasteiger partial charge on any atom is 0.309 e. The third-order valence-electron chi connectivity index (χ3n) is 3.39. The quantitative estimate of drug-likeness (QED) is 0.751. The first-order valence-corrected chi connectivity index (χ1v) is 7.48. The average Bonchev–Trinajstić information content (AvgIpc) is 2.16. The fourth-order valence-electron chi connectivity index (χ4n) is 2.14. The molecule has 0 aromatic rings. The van der Waals surface area contributed by atoms with E-state index >= 15 is 0 Å². The molecule has 0 aliphatic heterocycles. The molecular weight excluding hydrogens is 230 g/mol. The van der Waals surface area contributed by atoms with E-state index < -0.39 is 21.2 Å². The first-order valence-electron chi connectivity index (χ1n) is 5.42. The van der Waals surface area contributed by atoms with Crippen molar-refractivity contribution in [1.82, 2.24) is 0 Å². The van der Waals surface area contributed by atoms with Crippen molar-refractivity contribution in [3.63, 3.8) is 0 Å². The molecule has 0 bridgehead atoms.